The van der Waals surface area contributed by atoms with Gasteiger partial charge in [-0.3, -0.25) is 0 Å². The van der Waals surface area contributed by atoms with Crippen molar-refractivity contribution in [3.63, 3.8) is 0 Å². The van der Waals surface area contributed by atoms with Gasteiger partial charge in [-0.1, -0.05) is 44.2 Å². The lowest BCUT2D eigenvalue weighted by Crippen LogP contribution is -2.29. The standard InChI is InChI=1S/C14H19N/c1-10-8-13(14(2,3)9-15)12-7-5-4-6-11(10)12/h4-8,13H,9,15H2,1-3H3. The van der Waals surface area contributed by atoms with E-state index in [-0.39, 0.29) is 5.41 Å². The first-order valence-corrected chi connectivity index (χ1v) is 5.54. The van der Waals surface area contributed by atoms with Crippen molar-refractivity contribution in [3.8, 4) is 0 Å². The summed E-state index contributed by atoms with van der Waals surface area (Å²) in [6.45, 7) is 7.38. The Balaban J connectivity index is 2.48. The predicted octanol–water partition coefficient (Wildman–Crippen LogP) is 3.17. The first-order valence-electron chi connectivity index (χ1n) is 5.54. The second kappa shape index (κ2) is 3.49. The molecule has 0 amide bonds. The summed E-state index contributed by atoms with van der Waals surface area (Å²) in [5.74, 6) is 0.471. The summed E-state index contributed by atoms with van der Waals surface area (Å²) < 4.78 is 0. The average Bonchev–Trinajstić information content (AvgIpc) is 2.58. The van der Waals surface area contributed by atoms with E-state index < -0.39 is 0 Å². The minimum absolute atomic E-state index is 0.147. The quantitative estimate of drug-likeness (QED) is 0.781. The summed E-state index contributed by atoms with van der Waals surface area (Å²) in [5.41, 5.74) is 10.2. The van der Waals surface area contributed by atoms with E-state index in [4.69, 9.17) is 5.73 Å². The van der Waals surface area contributed by atoms with Gasteiger partial charge in [0.25, 0.3) is 0 Å². The number of benzene rings is 1. The summed E-state index contributed by atoms with van der Waals surface area (Å²) in [5, 5.41) is 0. The van der Waals surface area contributed by atoms with Crippen LogP contribution in [0.4, 0.5) is 0 Å². The third-order valence-corrected chi connectivity index (χ3v) is 3.51. The monoisotopic (exact) mass is 201 g/mol. The Bertz CT molecular complexity index is 402. The fraction of sp³-hybridized carbons (Fsp3) is 0.429. The van der Waals surface area contributed by atoms with Crippen LogP contribution >= 0.6 is 0 Å². The highest BCUT2D eigenvalue weighted by atomic mass is 14.6. The molecule has 0 radical (unpaired) electrons. The van der Waals surface area contributed by atoms with Crippen LogP contribution in [0.1, 0.15) is 37.8 Å². The van der Waals surface area contributed by atoms with Gasteiger partial charge in [0.2, 0.25) is 0 Å². The fourth-order valence-electron chi connectivity index (χ4n) is 2.33. The lowest BCUT2D eigenvalue weighted by Gasteiger charge is -2.29. The minimum Gasteiger partial charge on any atom is -0.330 e. The Morgan fingerprint density at radius 3 is 2.60 bits per heavy atom. The van der Waals surface area contributed by atoms with Gasteiger partial charge in [-0.2, -0.15) is 0 Å². The number of nitrogens with two attached hydrogens (primary N) is 1. The van der Waals surface area contributed by atoms with Crippen molar-refractivity contribution < 1.29 is 0 Å². The average molecular weight is 201 g/mol. The fourth-order valence-corrected chi connectivity index (χ4v) is 2.33. The molecule has 0 aromatic heterocycles. The van der Waals surface area contributed by atoms with Crippen LogP contribution in [0.15, 0.2) is 30.3 Å². The van der Waals surface area contributed by atoms with E-state index >= 15 is 0 Å². The highest BCUT2D eigenvalue weighted by Gasteiger charge is 2.32. The molecule has 1 nitrogen and oxygen atoms in total. The zero-order valence-electron chi connectivity index (χ0n) is 9.75. The van der Waals surface area contributed by atoms with Crippen molar-refractivity contribution in [2.24, 2.45) is 11.1 Å². The van der Waals surface area contributed by atoms with E-state index in [1.165, 1.54) is 16.7 Å². The van der Waals surface area contributed by atoms with Crippen molar-refractivity contribution in [2.45, 2.75) is 26.7 Å². The van der Waals surface area contributed by atoms with Crippen molar-refractivity contribution in [2.75, 3.05) is 6.54 Å². The van der Waals surface area contributed by atoms with Crippen molar-refractivity contribution in [1.29, 1.82) is 0 Å². The summed E-state index contributed by atoms with van der Waals surface area (Å²) in [7, 11) is 0. The molecule has 1 aromatic rings. The van der Waals surface area contributed by atoms with E-state index in [2.05, 4.69) is 51.1 Å². The van der Waals surface area contributed by atoms with Crippen LogP contribution in [0.2, 0.25) is 0 Å². The summed E-state index contributed by atoms with van der Waals surface area (Å²) in [6.07, 6.45) is 2.36. The maximum Gasteiger partial charge on any atom is 0.00931 e. The molecule has 2 rings (SSSR count). The normalized spacial score (nSPS) is 20.0. The number of allylic oxidation sites excluding steroid dienone is 2. The third-order valence-electron chi connectivity index (χ3n) is 3.51. The van der Waals surface area contributed by atoms with Gasteiger partial charge in [0, 0.05) is 5.92 Å². The Hall–Kier alpha value is -1.08. The summed E-state index contributed by atoms with van der Waals surface area (Å²) in [4.78, 5) is 0. The molecule has 0 aliphatic heterocycles. The molecule has 15 heavy (non-hydrogen) atoms. The van der Waals surface area contributed by atoms with Crippen LogP contribution in [-0.4, -0.2) is 6.54 Å². The van der Waals surface area contributed by atoms with Crippen LogP contribution in [-0.2, 0) is 0 Å². The molecular formula is C14H19N. The summed E-state index contributed by atoms with van der Waals surface area (Å²) in [6, 6.07) is 8.65. The number of hydrogen-bond acceptors (Lipinski definition) is 1. The molecule has 80 valence electrons. The Morgan fingerprint density at radius 2 is 1.93 bits per heavy atom. The van der Waals surface area contributed by atoms with Gasteiger partial charge in [0.15, 0.2) is 0 Å². The van der Waals surface area contributed by atoms with E-state index in [1.54, 1.807) is 0 Å². The maximum absolute atomic E-state index is 5.86. The molecule has 0 fully saturated rings. The van der Waals surface area contributed by atoms with Gasteiger partial charge in [0.05, 0.1) is 0 Å². The second-order valence-corrected chi connectivity index (χ2v) is 5.11. The topological polar surface area (TPSA) is 26.0 Å². The predicted molar refractivity (Wildman–Crippen MR) is 65.7 cm³/mol. The Kier molecular flexibility index (Phi) is 2.43. The van der Waals surface area contributed by atoms with Crippen molar-refractivity contribution >= 4 is 5.57 Å². The first-order chi connectivity index (χ1) is 7.06. The first kappa shape index (κ1) is 10.4. The molecule has 1 aliphatic carbocycles. The van der Waals surface area contributed by atoms with Gasteiger partial charge < -0.3 is 5.73 Å². The lowest BCUT2D eigenvalue weighted by atomic mass is 9.76. The number of rotatable bonds is 2. The van der Waals surface area contributed by atoms with E-state index in [0.29, 0.717) is 5.92 Å². The molecule has 1 aliphatic rings. The molecule has 1 unspecified atom stereocenters. The molecule has 0 saturated heterocycles. The molecule has 0 bridgehead atoms. The van der Waals surface area contributed by atoms with Gasteiger partial charge >= 0.3 is 0 Å². The highest BCUT2D eigenvalue weighted by Crippen LogP contribution is 2.44. The molecule has 0 saturated carbocycles. The van der Waals surface area contributed by atoms with Crippen LogP contribution in [0.5, 0.6) is 0 Å². The molecule has 1 heteroatoms. The molecule has 2 N–H and O–H groups in total. The second-order valence-electron chi connectivity index (χ2n) is 5.11. The largest absolute Gasteiger partial charge is 0.330 e. The van der Waals surface area contributed by atoms with Gasteiger partial charge in [-0.05, 0) is 35.6 Å². The van der Waals surface area contributed by atoms with E-state index in [0.717, 1.165) is 6.54 Å². The van der Waals surface area contributed by atoms with E-state index in [9.17, 15) is 0 Å². The van der Waals surface area contributed by atoms with E-state index in [1.807, 2.05) is 0 Å². The lowest BCUT2D eigenvalue weighted by molar-refractivity contribution is 0.339. The number of hydrogen-bond donors (Lipinski definition) is 1. The van der Waals surface area contributed by atoms with Crippen LogP contribution in [0.25, 0.3) is 5.57 Å². The smallest absolute Gasteiger partial charge is 0.00931 e. The Morgan fingerprint density at radius 1 is 1.27 bits per heavy atom. The molecule has 0 spiro atoms. The summed E-state index contributed by atoms with van der Waals surface area (Å²) >= 11 is 0. The highest BCUT2D eigenvalue weighted by molar-refractivity contribution is 5.73. The zero-order valence-corrected chi connectivity index (χ0v) is 9.75. The minimum atomic E-state index is 0.147. The molecule has 0 heterocycles. The molecule has 1 atom stereocenters. The Labute approximate surface area is 92.0 Å². The number of fused-ring (bicyclic) bond motifs is 1. The van der Waals surface area contributed by atoms with Crippen LogP contribution in [0.3, 0.4) is 0 Å². The van der Waals surface area contributed by atoms with Crippen LogP contribution in [0, 0.1) is 5.41 Å². The third kappa shape index (κ3) is 1.61. The maximum atomic E-state index is 5.86. The van der Waals surface area contributed by atoms with Gasteiger partial charge in [0.1, 0.15) is 0 Å². The van der Waals surface area contributed by atoms with Gasteiger partial charge in [-0.25, -0.2) is 0 Å². The van der Waals surface area contributed by atoms with Crippen molar-refractivity contribution in [3.05, 3.63) is 41.5 Å². The van der Waals surface area contributed by atoms with Crippen LogP contribution < -0.4 is 5.73 Å². The van der Waals surface area contributed by atoms with Gasteiger partial charge in [-0.15, -0.1) is 0 Å². The molecule has 1 aromatic carbocycles. The SMILES string of the molecule is CC1=CC(C(C)(C)CN)c2ccccc21. The molecular weight excluding hydrogens is 182 g/mol. The zero-order chi connectivity index (χ0) is 11.1. The van der Waals surface area contributed by atoms with Crippen molar-refractivity contribution in [1.82, 2.24) is 0 Å².